The highest BCUT2D eigenvalue weighted by Crippen LogP contribution is 2.28. The van der Waals surface area contributed by atoms with Gasteiger partial charge in [-0.15, -0.1) is 0 Å². The van der Waals surface area contributed by atoms with Gasteiger partial charge in [0, 0.05) is 19.7 Å². The zero-order chi connectivity index (χ0) is 15.2. The Kier molecular flexibility index (Phi) is 6.22. The Morgan fingerprint density at radius 2 is 2.20 bits per heavy atom. The van der Waals surface area contributed by atoms with Crippen molar-refractivity contribution in [2.45, 2.75) is 26.8 Å². The van der Waals surface area contributed by atoms with Gasteiger partial charge in [-0.1, -0.05) is 0 Å². The van der Waals surface area contributed by atoms with Crippen LogP contribution in [0.15, 0.2) is 0 Å². The van der Waals surface area contributed by atoms with Crippen molar-refractivity contribution in [3.63, 3.8) is 0 Å². The predicted molar refractivity (Wildman–Crippen MR) is 72.6 cm³/mol. The third kappa shape index (κ3) is 3.83. The zero-order valence-corrected chi connectivity index (χ0v) is 12.3. The van der Waals surface area contributed by atoms with Crippen molar-refractivity contribution in [3.05, 3.63) is 0 Å². The third-order valence-electron chi connectivity index (χ3n) is 3.62. The number of carbonyl (C=O) groups is 2. The molecule has 0 bridgehead atoms. The van der Waals surface area contributed by atoms with Crippen LogP contribution in [0.4, 0.5) is 4.79 Å². The monoisotopic (exact) mass is 288 g/mol. The molecule has 0 aliphatic carbocycles. The summed E-state index contributed by atoms with van der Waals surface area (Å²) in [4.78, 5) is 25.0. The summed E-state index contributed by atoms with van der Waals surface area (Å²) in [6.45, 7) is 7.77. The summed E-state index contributed by atoms with van der Waals surface area (Å²) in [6.07, 6.45) is 0. The summed E-state index contributed by atoms with van der Waals surface area (Å²) in [5.74, 6) is -0.960. The van der Waals surface area contributed by atoms with Crippen LogP contribution in [-0.2, 0) is 14.3 Å². The average Bonchev–Trinajstić information content (AvgIpc) is 2.77. The lowest BCUT2D eigenvalue weighted by Crippen LogP contribution is -2.53. The zero-order valence-electron chi connectivity index (χ0n) is 12.3. The van der Waals surface area contributed by atoms with E-state index in [4.69, 9.17) is 9.47 Å². The molecule has 1 aliphatic rings. The van der Waals surface area contributed by atoms with Crippen molar-refractivity contribution < 1.29 is 24.2 Å². The molecule has 7 nitrogen and oxygen atoms in total. The summed E-state index contributed by atoms with van der Waals surface area (Å²) in [5, 5.41) is 12.0. The standard InChI is InChI=1S/C13H24N2O5/c1-4-15(6-7-19-5-2)12(18)14-10-8-20-9-13(10,3)11(16)17/h10H,4-9H2,1-3H3,(H,14,18)(H,16,17). The van der Waals surface area contributed by atoms with Crippen LogP contribution in [0.3, 0.4) is 0 Å². The number of aliphatic carboxylic acids is 1. The molecule has 1 fully saturated rings. The number of ether oxygens (including phenoxy) is 2. The van der Waals surface area contributed by atoms with Gasteiger partial charge in [-0.25, -0.2) is 4.79 Å². The Balaban J connectivity index is 2.57. The van der Waals surface area contributed by atoms with Crippen molar-refractivity contribution in [1.82, 2.24) is 10.2 Å². The molecule has 1 heterocycles. The highest BCUT2D eigenvalue weighted by atomic mass is 16.5. The first-order chi connectivity index (χ1) is 9.45. The normalized spacial score (nSPS) is 25.4. The van der Waals surface area contributed by atoms with Crippen molar-refractivity contribution in [2.75, 3.05) is 39.5 Å². The van der Waals surface area contributed by atoms with Crippen LogP contribution in [0.2, 0.25) is 0 Å². The van der Waals surface area contributed by atoms with Gasteiger partial charge in [0.15, 0.2) is 0 Å². The molecule has 7 heteroatoms. The van der Waals surface area contributed by atoms with Gasteiger partial charge in [-0.05, 0) is 20.8 Å². The second-order valence-corrected chi connectivity index (χ2v) is 5.02. The number of carbonyl (C=O) groups excluding carboxylic acids is 1. The van der Waals surface area contributed by atoms with Gasteiger partial charge < -0.3 is 24.8 Å². The number of rotatable bonds is 7. The molecular formula is C13H24N2O5. The van der Waals surface area contributed by atoms with Gasteiger partial charge in [-0.2, -0.15) is 0 Å². The summed E-state index contributed by atoms with van der Waals surface area (Å²) in [5.41, 5.74) is -1.07. The first-order valence-electron chi connectivity index (χ1n) is 6.90. The molecule has 0 spiro atoms. The van der Waals surface area contributed by atoms with E-state index in [1.165, 1.54) is 0 Å². The summed E-state index contributed by atoms with van der Waals surface area (Å²) in [6, 6.07) is -0.802. The fourth-order valence-electron chi connectivity index (χ4n) is 2.05. The molecule has 0 aromatic heterocycles. The number of hydrogen-bond acceptors (Lipinski definition) is 4. The lowest BCUT2D eigenvalue weighted by atomic mass is 9.85. The van der Waals surface area contributed by atoms with Crippen LogP contribution in [-0.4, -0.2) is 67.6 Å². The molecule has 0 aromatic carbocycles. The van der Waals surface area contributed by atoms with Gasteiger partial charge in [0.05, 0.1) is 25.9 Å². The number of carboxylic acids is 1. The maximum Gasteiger partial charge on any atom is 0.317 e. The topological polar surface area (TPSA) is 88.1 Å². The number of nitrogens with one attached hydrogen (secondary N) is 1. The Morgan fingerprint density at radius 1 is 1.50 bits per heavy atom. The first-order valence-corrected chi connectivity index (χ1v) is 6.90. The number of carboxylic acid groups (broad SMARTS) is 1. The van der Waals surface area contributed by atoms with Crippen LogP contribution in [0.5, 0.6) is 0 Å². The van der Waals surface area contributed by atoms with Gasteiger partial charge in [0.25, 0.3) is 0 Å². The minimum absolute atomic E-state index is 0.109. The molecule has 2 N–H and O–H groups in total. The highest BCUT2D eigenvalue weighted by molar-refractivity contribution is 5.79. The van der Waals surface area contributed by atoms with Crippen LogP contribution < -0.4 is 5.32 Å². The largest absolute Gasteiger partial charge is 0.481 e. The molecule has 1 rings (SSSR count). The van der Waals surface area contributed by atoms with E-state index in [0.29, 0.717) is 26.3 Å². The Hall–Kier alpha value is -1.34. The molecule has 116 valence electrons. The fraction of sp³-hybridized carbons (Fsp3) is 0.846. The van der Waals surface area contributed by atoms with Crippen LogP contribution in [0.25, 0.3) is 0 Å². The van der Waals surface area contributed by atoms with Gasteiger partial charge in [0.2, 0.25) is 0 Å². The number of nitrogens with zero attached hydrogens (tertiary/aromatic N) is 1. The Bertz CT molecular complexity index is 350. The highest BCUT2D eigenvalue weighted by Gasteiger charge is 2.47. The molecule has 1 saturated heterocycles. The molecule has 1 aliphatic heterocycles. The number of amides is 2. The molecule has 2 unspecified atom stereocenters. The molecule has 0 saturated carbocycles. The van der Waals surface area contributed by atoms with Gasteiger partial charge in [0.1, 0.15) is 5.41 Å². The number of urea groups is 1. The Morgan fingerprint density at radius 3 is 2.75 bits per heavy atom. The van der Waals surface area contributed by atoms with Gasteiger partial charge >= 0.3 is 12.0 Å². The van der Waals surface area contributed by atoms with E-state index in [0.717, 1.165) is 0 Å². The van der Waals surface area contributed by atoms with Gasteiger partial charge in [-0.3, -0.25) is 4.79 Å². The maximum absolute atomic E-state index is 12.1. The van der Waals surface area contributed by atoms with E-state index in [9.17, 15) is 14.7 Å². The van der Waals surface area contributed by atoms with Crippen molar-refractivity contribution >= 4 is 12.0 Å². The second kappa shape index (κ2) is 7.44. The van der Waals surface area contributed by atoms with Crippen LogP contribution in [0.1, 0.15) is 20.8 Å². The van der Waals surface area contributed by atoms with E-state index < -0.39 is 17.4 Å². The molecule has 0 aromatic rings. The number of hydrogen-bond donors (Lipinski definition) is 2. The molecule has 2 amide bonds. The quantitative estimate of drug-likeness (QED) is 0.668. The molecule has 0 radical (unpaired) electrons. The SMILES string of the molecule is CCOCCN(CC)C(=O)NC1COCC1(C)C(=O)O. The summed E-state index contributed by atoms with van der Waals surface area (Å²) in [7, 11) is 0. The molecule has 20 heavy (non-hydrogen) atoms. The maximum atomic E-state index is 12.1. The van der Waals surface area contributed by atoms with E-state index >= 15 is 0 Å². The second-order valence-electron chi connectivity index (χ2n) is 5.02. The first kappa shape index (κ1) is 16.7. The fourth-order valence-corrected chi connectivity index (χ4v) is 2.05. The van der Waals surface area contributed by atoms with Crippen molar-refractivity contribution in [1.29, 1.82) is 0 Å². The van der Waals surface area contributed by atoms with E-state index in [1.807, 2.05) is 13.8 Å². The third-order valence-corrected chi connectivity index (χ3v) is 3.62. The minimum atomic E-state index is -1.07. The smallest absolute Gasteiger partial charge is 0.317 e. The minimum Gasteiger partial charge on any atom is -0.481 e. The average molecular weight is 288 g/mol. The van der Waals surface area contributed by atoms with Crippen molar-refractivity contribution in [3.8, 4) is 0 Å². The van der Waals surface area contributed by atoms with E-state index in [-0.39, 0.29) is 19.2 Å². The predicted octanol–water partition coefficient (Wildman–Crippen LogP) is 0.544. The molecular weight excluding hydrogens is 264 g/mol. The van der Waals surface area contributed by atoms with E-state index in [2.05, 4.69) is 5.32 Å². The summed E-state index contributed by atoms with van der Waals surface area (Å²) >= 11 is 0. The lowest BCUT2D eigenvalue weighted by molar-refractivity contribution is -0.148. The van der Waals surface area contributed by atoms with E-state index in [1.54, 1.807) is 11.8 Å². The number of likely N-dealkylation sites (N-methyl/N-ethyl adjacent to an activating group) is 1. The summed E-state index contributed by atoms with van der Waals surface area (Å²) < 4.78 is 10.4. The van der Waals surface area contributed by atoms with Crippen LogP contribution >= 0.6 is 0 Å². The lowest BCUT2D eigenvalue weighted by Gasteiger charge is -2.29. The Labute approximate surface area is 119 Å². The van der Waals surface area contributed by atoms with Crippen molar-refractivity contribution in [2.24, 2.45) is 5.41 Å². The van der Waals surface area contributed by atoms with Crippen LogP contribution in [0, 0.1) is 5.41 Å². The molecule has 2 atom stereocenters.